The minimum absolute atomic E-state index is 0.276. The van der Waals surface area contributed by atoms with Crippen LogP contribution in [-0.2, 0) is 6.54 Å². The van der Waals surface area contributed by atoms with E-state index in [2.05, 4.69) is 25.7 Å². The Bertz CT molecular complexity index is 1370. The molecule has 2 aromatic carbocycles. The summed E-state index contributed by atoms with van der Waals surface area (Å²) < 4.78 is 3.43. The topological polar surface area (TPSA) is 90.5 Å². The molecule has 1 N–H and O–H groups in total. The van der Waals surface area contributed by atoms with Crippen molar-refractivity contribution in [1.82, 2.24) is 35.1 Å². The van der Waals surface area contributed by atoms with Gasteiger partial charge in [-0.3, -0.25) is 9.78 Å². The molecule has 5 aromatic rings. The molecule has 31 heavy (non-hydrogen) atoms. The number of carbonyl (C=O) groups is 1. The number of aromatic nitrogens is 6. The van der Waals surface area contributed by atoms with Gasteiger partial charge in [0, 0.05) is 30.5 Å². The number of benzene rings is 2. The number of para-hydroxylation sites is 1. The van der Waals surface area contributed by atoms with Crippen molar-refractivity contribution in [2.75, 3.05) is 0 Å². The predicted octanol–water partition coefficient (Wildman–Crippen LogP) is 3.24. The summed E-state index contributed by atoms with van der Waals surface area (Å²) in [5.74, 6) is -0.276. The zero-order valence-corrected chi connectivity index (χ0v) is 16.8. The van der Waals surface area contributed by atoms with Crippen molar-refractivity contribution in [1.29, 1.82) is 0 Å². The highest BCUT2D eigenvalue weighted by molar-refractivity contribution is 5.93. The molecule has 0 saturated heterocycles. The molecule has 3 heterocycles. The van der Waals surface area contributed by atoms with E-state index in [1.807, 2.05) is 73.8 Å². The van der Waals surface area contributed by atoms with E-state index in [9.17, 15) is 4.79 Å². The normalized spacial score (nSPS) is 11.0. The molecule has 3 aromatic heterocycles. The molecular weight excluding hydrogens is 390 g/mol. The van der Waals surface area contributed by atoms with Crippen LogP contribution >= 0.6 is 0 Å². The first-order chi connectivity index (χ1) is 15.2. The summed E-state index contributed by atoms with van der Waals surface area (Å²) in [6, 6.07) is 19.4. The van der Waals surface area contributed by atoms with Crippen molar-refractivity contribution >= 4 is 16.8 Å². The Morgan fingerprint density at radius 1 is 1.03 bits per heavy atom. The van der Waals surface area contributed by atoms with E-state index in [0.717, 1.165) is 27.8 Å². The number of rotatable bonds is 5. The molecule has 0 atom stereocenters. The number of nitrogens with one attached hydrogen (secondary N) is 1. The Morgan fingerprint density at radius 2 is 1.90 bits per heavy atom. The van der Waals surface area contributed by atoms with E-state index < -0.39 is 0 Å². The maximum atomic E-state index is 12.8. The van der Waals surface area contributed by atoms with Crippen molar-refractivity contribution in [3.05, 3.63) is 96.2 Å². The van der Waals surface area contributed by atoms with Crippen LogP contribution in [0.4, 0.5) is 0 Å². The average molecular weight is 409 g/mol. The third-order valence-corrected chi connectivity index (χ3v) is 5.08. The lowest BCUT2D eigenvalue weighted by molar-refractivity contribution is 0.0945. The molecule has 0 saturated carbocycles. The van der Waals surface area contributed by atoms with Crippen LogP contribution in [0.3, 0.4) is 0 Å². The van der Waals surface area contributed by atoms with Gasteiger partial charge in [0.15, 0.2) is 5.69 Å². The van der Waals surface area contributed by atoms with Gasteiger partial charge >= 0.3 is 0 Å². The number of nitrogens with zero attached hydrogens (tertiary/aromatic N) is 6. The maximum absolute atomic E-state index is 12.8. The number of hydrogen-bond donors (Lipinski definition) is 1. The quantitative estimate of drug-likeness (QED) is 0.481. The molecule has 0 fully saturated rings. The molecular formula is C23H19N7O. The van der Waals surface area contributed by atoms with Crippen LogP contribution in [0.25, 0.3) is 22.3 Å². The van der Waals surface area contributed by atoms with E-state index in [1.54, 1.807) is 21.8 Å². The van der Waals surface area contributed by atoms with Crippen LogP contribution in [-0.4, -0.2) is 35.7 Å². The van der Waals surface area contributed by atoms with Crippen LogP contribution < -0.4 is 5.32 Å². The highest BCUT2D eigenvalue weighted by Crippen LogP contribution is 2.21. The van der Waals surface area contributed by atoms with Crippen molar-refractivity contribution in [2.45, 2.75) is 13.5 Å². The van der Waals surface area contributed by atoms with Gasteiger partial charge in [0.25, 0.3) is 5.91 Å². The number of amides is 1. The maximum Gasteiger partial charge on any atom is 0.274 e. The van der Waals surface area contributed by atoms with Crippen LogP contribution in [0, 0.1) is 6.92 Å². The van der Waals surface area contributed by atoms with Gasteiger partial charge in [0.05, 0.1) is 22.6 Å². The molecule has 152 valence electrons. The van der Waals surface area contributed by atoms with Gasteiger partial charge in [-0.25, -0.2) is 9.36 Å². The first-order valence-electron chi connectivity index (χ1n) is 9.84. The molecule has 0 aliphatic rings. The van der Waals surface area contributed by atoms with Gasteiger partial charge in [-0.2, -0.15) is 5.10 Å². The van der Waals surface area contributed by atoms with Crippen molar-refractivity contribution < 1.29 is 4.79 Å². The number of pyridine rings is 1. The molecule has 1 amide bonds. The van der Waals surface area contributed by atoms with Crippen LogP contribution in [0.5, 0.6) is 0 Å². The summed E-state index contributed by atoms with van der Waals surface area (Å²) >= 11 is 0. The van der Waals surface area contributed by atoms with Crippen molar-refractivity contribution in [3.63, 3.8) is 0 Å². The van der Waals surface area contributed by atoms with Crippen molar-refractivity contribution in [3.8, 4) is 11.4 Å². The summed E-state index contributed by atoms with van der Waals surface area (Å²) in [6.07, 6.45) is 5.34. The summed E-state index contributed by atoms with van der Waals surface area (Å²) in [7, 11) is 0. The third-order valence-electron chi connectivity index (χ3n) is 5.08. The van der Waals surface area contributed by atoms with E-state index in [4.69, 9.17) is 0 Å². The van der Waals surface area contributed by atoms with Gasteiger partial charge in [0.2, 0.25) is 0 Å². The number of fused-ring (bicyclic) bond motifs is 1. The first-order valence-corrected chi connectivity index (χ1v) is 9.84. The first kappa shape index (κ1) is 18.7. The lowest BCUT2D eigenvalue weighted by Crippen LogP contribution is -2.24. The van der Waals surface area contributed by atoms with Crippen LogP contribution in [0.15, 0.2) is 79.3 Å². The Labute approximate surface area is 178 Å². The molecule has 0 spiro atoms. The van der Waals surface area contributed by atoms with E-state index >= 15 is 0 Å². The fourth-order valence-corrected chi connectivity index (χ4v) is 3.52. The third kappa shape index (κ3) is 3.55. The molecule has 5 rings (SSSR count). The lowest BCUT2D eigenvalue weighted by Gasteiger charge is -2.08. The van der Waals surface area contributed by atoms with Gasteiger partial charge in [-0.1, -0.05) is 35.5 Å². The Morgan fingerprint density at radius 3 is 2.77 bits per heavy atom. The van der Waals surface area contributed by atoms with Crippen LogP contribution in [0.2, 0.25) is 0 Å². The van der Waals surface area contributed by atoms with E-state index in [0.29, 0.717) is 12.2 Å². The molecule has 0 bridgehead atoms. The van der Waals surface area contributed by atoms with Crippen LogP contribution in [0.1, 0.15) is 21.7 Å². The Kier molecular flexibility index (Phi) is 4.72. The monoisotopic (exact) mass is 409 g/mol. The highest BCUT2D eigenvalue weighted by atomic mass is 16.2. The van der Waals surface area contributed by atoms with Gasteiger partial charge < -0.3 is 5.32 Å². The molecule has 0 unspecified atom stereocenters. The summed E-state index contributed by atoms with van der Waals surface area (Å²) in [5.41, 5.74) is 4.43. The smallest absolute Gasteiger partial charge is 0.274 e. The minimum Gasteiger partial charge on any atom is -0.347 e. The van der Waals surface area contributed by atoms with E-state index in [-0.39, 0.29) is 11.6 Å². The molecule has 0 aliphatic heterocycles. The minimum atomic E-state index is -0.276. The number of hydrogen-bond acceptors (Lipinski definition) is 5. The molecule has 0 radical (unpaired) electrons. The van der Waals surface area contributed by atoms with Gasteiger partial charge in [0.1, 0.15) is 0 Å². The SMILES string of the molecule is Cc1c(C(=O)NCc2cccc(-n3cccn3)c2)nnn1-c1cccc2cccnc12. The van der Waals surface area contributed by atoms with Gasteiger partial charge in [-0.15, -0.1) is 5.10 Å². The molecule has 8 nitrogen and oxygen atoms in total. The Balaban J connectivity index is 1.37. The zero-order chi connectivity index (χ0) is 21.2. The van der Waals surface area contributed by atoms with E-state index in [1.165, 1.54) is 0 Å². The summed E-state index contributed by atoms with van der Waals surface area (Å²) in [6.45, 7) is 2.20. The largest absolute Gasteiger partial charge is 0.347 e. The molecule has 0 aliphatic carbocycles. The second-order valence-electron chi connectivity index (χ2n) is 7.09. The standard InChI is InChI=1S/C23H19N7O/c1-16-21(27-28-30(16)20-10-3-7-18-8-4-11-24-22(18)20)23(31)25-15-17-6-2-9-19(14-17)29-13-5-12-26-29/h2-14H,15H2,1H3,(H,25,31). The lowest BCUT2D eigenvalue weighted by atomic mass is 10.2. The molecule has 8 heteroatoms. The Hall–Kier alpha value is -4.33. The van der Waals surface area contributed by atoms with Gasteiger partial charge in [-0.05, 0) is 42.8 Å². The zero-order valence-electron chi connectivity index (χ0n) is 16.8. The summed E-state index contributed by atoms with van der Waals surface area (Å²) in [4.78, 5) is 17.3. The fourth-order valence-electron chi connectivity index (χ4n) is 3.52. The fraction of sp³-hybridized carbons (Fsp3) is 0.0870. The average Bonchev–Trinajstić information content (AvgIpc) is 3.48. The second kappa shape index (κ2) is 7.83. The summed E-state index contributed by atoms with van der Waals surface area (Å²) in [5, 5.41) is 16.5. The van der Waals surface area contributed by atoms with Crippen molar-refractivity contribution in [2.24, 2.45) is 0 Å². The second-order valence-corrected chi connectivity index (χ2v) is 7.09. The predicted molar refractivity (Wildman–Crippen MR) is 116 cm³/mol. The highest BCUT2D eigenvalue weighted by Gasteiger charge is 2.18. The number of carbonyl (C=O) groups excluding carboxylic acids is 1.